The summed E-state index contributed by atoms with van der Waals surface area (Å²) in [5.41, 5.74) is 8.10. The van der Waals surface area contributed by atoms with E-state index >= 15 is 0 Å². The van der Waals surface area contributed by atoms with Crippen molar-refractivity contribution in [3.8, 4) is 11.5 Å². The van der Waals surface area contributed by atoms with E-state index in [-0.39, 0.29) is 29.4 Å². The number of ether oxygens (including phenoxy) is 3. The van der Waals surface area contributed by atoms with Gasteiger partial charge in [0.15, 0.2) is 5.96 Å². The van der Waals surface area contributed by atoms with Gasteiger partial charge in [0.1, 0.15) is 11.5 Å². The maximum Gasteiger partial charge on any atom is 0.193 e. The molecule has 0 atom stereocenters. The van der Waals surface area contributed by atoms with Crippen LogP contribution in [0.15, 0.2) is 51.9 Å². The van der Waals surface area contributed by atoms with E-state index in [4.69, 9.17) is 19.9 Å². The molecule has 0 aromatic heterocycles. The minimum Gasteiger partial charge on any atom is -0.497 e. The van der Waals surface area contributed by atoms with Crippen LogP contribution in [0.3, 0.4) is 0 Å². The zero-order chi connectivity index (χ0) is 20.0. The van der Waals surface area contributed by atoms with E-state index in [9.17, 15) is 0 Å². The lowest BCUT2D eigenvalue weighted by atomic mass is 9.74. The molecule has 0 radical (unpaired) electrons. The van der Waals surface area contributed by atoms with Crippen molar-refractivity contribution in [2.45, 2.75) is 18.3 Å². The van der Waals surface area contributed by atoms with Gasteiger partial charge in [-0.2, -0.15) is 0 Å². The van der Waals surface area contributed by atoms with Crippen molar-refractivity contribution in [1.29, 1.82) is 0 Å². The topological polar surface area (TPSA) is 78.1 Å². The molecule has 8 heteroatoms. The standard InChI is InChI=1S/C21H26BrN3O3.HI/c1-26-17-7-8-19(27-2)18(13-17)25-20(23)24-14-21(9-11-28-12-10-21)15-3-5-16(22)6-4-15;/h3-8,13H,9-12,14H2,1-2H3,(H3,23,24,25);1H. The largest absolute Gasteiger partial charge is 0.497 e. The predicted molar refractivity (Wildman–Crippen MR) is 131 cm³/mol. The molecule has 1 aliphatic rings. The summed E-state index contributed by atoms with van der Waals surface area (Å²) in [6.07, 6.45) is 1.82. The van der Waals surface area contributed by atoms with Crippen molar-refractivity contribution in [3.05, 3.63) is 52.5 Å². The first-order valence-corrected chi connectivity index (χ1v) is 9.98. The van der Waals surface area contributed by atoms with E-state index in [1.54, 1.807) is 14.2 Å². The summed E-state index contributed by atoms with van der Waals surface area (Å²) in [5, 5.41) is 3.14. The predicted octanol–water partition coefficient (Wildman–Crippen LogP) is 4.56. The van der Waals surface area contributed by atoms with E-state index in [1.165, 1.54) is 5.56 Å². The molecule has 2 aromatic carbocycles. The summed E-state index contributed by atoms with van der Waals surface area (Å²) >= 11 is 3.51. The van der Waals surface area contributed by atoms with Crippen LogP contribution in [0.2, 0.25) is 0 Å². The fourth-order valence-electron chi connectivity index (χ4n) is 3.43. The van der Waals surface area contributed by atoms with Gasteiger partial charge >= 0.3 is 0 Å². The van der Waals surface area contributed by atoms with Crippen LogP contribution in [0.4, 0.5) is 5.69 Å². The van der Waals surface area contributed by atoms with Crippen LogP contribution in [0.25, 0.3) is 0 Å². The highest BCUT2D eigenvalue weighted by atomic mass is 127. The van der Waals surface area contributed by atoms with Gasteiger partial charge in [0, 0.05) is 29.2 Å². The zero-order valence-electron chi connectivity index (χ0n) is 16.6. The summed E-state index contributed by atoms with van der Waals surface area (Å²) in [5.74, 6) is 1.73. The van der Waals surface area contributed by atoms with Crippen LogP contribution in [0.5, 0.6) is 11.5 Å². The minimum atomic E-state index is -0.0796. The Labute approximate surface area is 197 Å². The van der Waals surface area contributed by atoms with Crippen molar-refractivity contribution in [3.63, 3.8) is 0 Å². The Balaban J connectivity index is 0.00000300. The summed E-state index contributed by atoms with van der Waals surface area (Å²) in [4.78, 5) is 4.66. The summed E-state index contributed by atoms with van der Waals surface area (Å²) in [6, 6.07) is 13.9. The molecule has 3 rings (SSSR count). The molecule has 3 N–H and O–H groups in total. The highest BCUT2D eigenvalue weighted by molar-refractivity contribution is 14.0. The number of hydrogen-bond donors (Lipinski definition) is 2. The monoisotopic (exact) mass is 575 g/mol. The SMILES string of the molecule is COc1ccc(OC)c(NC(N)=NCC2(c3ccc(Br)cc3)CCOCC2)c1.I. The lowest BCUT2D eigenvalue weighted by molar-refractivity contribution is 0.0531. The Bertz CT molecular complexity index is 824. The number of guanidine groups is 1. The van der Waals surface area contributed by atoms with Gasteiger partial charge < -0.3 is 25.3 Å². The normalized spacial score (nSPS) is 15.9. The summed E-state index contributed by atoms with van der Waals surface area (Å²) in [7, 11) is 3.24. The van der Waals surface area contributed by atoms with Crippen molar-refractivity contribution < 1.29 is 14.2 Å². The van der Waals surface area contributed by atoms with E-state index in [0.717, 1.165) is 30.5 Å². The number of anilines is 1. The third kappa shape index (κ3) is 5.99. The molecule has 0 unspecified atom stereocenters. The second-order valence-corrected chi connectivity index (χ2v) is 7.71. The molecule has 1 fully saturated rings. The summed E-state index contributed by atoms with van der Waals surface area (Å²) in [6.45, 7) is 2.04. The van der Waals surface area contributed by atoms with Gasteiger partial charge in [0.2, 0.25) is 0 Å². The Morgan fingerprint density at radius 3 is 2.45 bits per heavy atom. The third-order valence-corrected chi connectivity index (χ3v) is 5.66. The molecular formula is C21H27BrIN3O3. The van der Waals surface area contributed by atoms with Crippen LogP contribution in [-0.2, 0) is 10.2 Å². The van der Waals surface area contributed by atoms with Gasteiger partial charge in [-0.05, 0) is 42.7 Å². The first-order chi connectivity index (χ1) is 13.6. The number of halogens is 2. The fraction of sp³-hybridized carbons (Fsp3) is 0.381. The van der Waals surface area contributed by atoms with Gasteiger partial charge in [-0.1, -0.05) is 28.1 Å². The summed E-state index contributed by atoms with van der Waals surface area (Å²) < 4.78 is 17.3. The number of rotatable bonds is 6. The molecule has 6 nitrogen and oxygen atoms in total. The molecule has 1 heterocycles. The van der Waals surface area contributed by atoms with Gasteiger partial charge in [0.25, 0.3) is 0 Å². The smallest absolute Gasteiger partial charge is 0.193 e. The van der Waals surface area contributed by atoms with E-state index in [1.807, 2.05) is 18.2 Å². The van der Waals surface area contributed by atoms with Crippen LogP contribution in [0, 0.1) is 0 Å². The molecule has 158 valence electrons. The van der Waals surface area contributed by atoms with Gasteiger partial charge in [-0.25, -0.2) is 0 Å². The third-order valence-electron chi connectivity index (χ3n) is 5.13. The fourth-order valence-corrected chi connectivity index (χ4v) is 3.69. The zero-order valence-corrected chi connectivity index (χ0v) is 20.5. The van der Waals surface area contributed by atoms with Crippen LogP contribution in [0.1, 0.15) is 18.4 Å². The lowest BCUT2D eigenvalue weighted by Crippen LogP contribution is -2.38. The second-order valence-electron chi connectivity index (χ2n) is 6.79. The van der Waals surface area contributed by atoms with Crippen molar-refractivity contribution in [2.24, 2.45) is 10.7 Å². The molecule has 2 aromatic rings. The van der Waals surface area contributed by atoms with Crippen LogP contribution >= 0.6 is 39.9 Å². The second kappa shape index (κ2) is 11.0. The first-order valence-electron chi connectivity index (χ1n) is 9.19. The van der Waals surface area contributed by atoms with Crippen molar-refractivity contribution >= 4 is 51.6 Å². The average Bonchev–Trinajstić information content (AvgIpc) is 2.73. The number of methoxy groups -OCH3 is 2. The number of nitrogens with two attached hydrogens (primary N) is 1. The Morgan fingerprint density at radius 1 is 1.14 bits per heavy atom. The molecule has 1 aliphatic heterocycles. The molecule has 0 saturated carbocycles. The van der Waals surface area contributed by atoms with Crippen molar-refractivity contribution in [1.82, 2.24) is 0 Å². The Morgan fingerprint density at radius 2 is 1.83 bits per heavy atom. The Hall–Kier alpha value is -1.52. The molecule has 0 bridgehead atoms. The number of benzene rings is 2. The van der Waals surface area contributed by atoms with Crippen LogP contribution in [-0.4, -0.2) is 39.9 Å². The minimum absolute atomic E-state index is 0. The number of nitrogens with one attached hydrogen (secondary N) is 1. The van der Waals surface area contributed by atoms with E-state index in [2.05, 4.69) is 50.5 Å². The molecule has 0 amide bonds. The Kier molecular flexibility index (Phi) is 9.04. The van der Waals surface area contributed by atoms with E-state index in [0.29, 0.717) is 29.7 Å². The average molecular weight is 576 g/mol. The van der Waals surface area contributed by atoms with Crippen molar-refractivity contribution in [2.75, 3.05) is 39.3 Å². The number of hydrogen-bond acceptors (Lipinski definition) is 4. The maximum absolute atomic E-state index is 6.20. The highest BCUT2D eigenvalue weighted by Gasteiger charge is 2.34. The number of aliphatic imine (C=N–C) groups is 1. The van der Waals surface area contributed by atoms with Gasteiger partial charge in [-0.3, -0.25) is 4.99 Å². The van der Waals surface area contributed by atoms with Gasteiger partial charge in [-0.15, -0.1) is 24.0 Å². The van der Waals surface area contributed by atoms with E-state index < -0.39 is 0 Å². The lowest BCUT2D eigenvalue weighted by Gasteiger charge is -2.36. The molecule has 1 saturated heterocycles. The molecule has 29 heavy (non-hydrogen) atoms. The molecular weight excluding hydrogens is 549 g/mol. The highest BCUT2D eigenvalue weighted by Crippen LogP contribution is 2.36. The van der Waals surface area contributed by atoms with Gasteiger partial charge in [0.05, 0.1) is 26.5 Å². The number of nitrogens with zero attached hydrogens (tertiary/aromatic N) is 1. The quantitative estimate of drug-likeness (QED) is 0.300. The maximum atomic E-state index is 6.20. The van der Waals surface area contributed by atoms with Crippen LogP contribution < -0.4 is 20.5 Å². The first kappa shape index (κ1) is 23.8. The molecule has 0 spiro atoms. The molecule has 0 aliphatic carbocycles.